The van der Waals surface area contributed by atoms with E-state index in [0.29, 0.717) is 48.8 Å². The van der Waals surface area contributed by atoms with Crippen molar-refractivity contribution in [3.05, 3.63) is 107 Å². The summed E-state index contributed by atoms with van der Waals surface area (Å²) < 4.78 is 24.8. The lowest BCUT2D eigenvalue weighted by atomic mass is 10.0. The molecule has 2 heterocycles. The van der Waals surface area contributed by atoms with E-state index in [9.17, 15) is 14.0 Å². The van der Waals surface area contributed by atoms with Crippen molar-refractivity contribution in [3.8, 4) is 22.6 Å². The van der Waals surface area contributed by atoms with E-state index >= 15 is 0 Å². The number of nitrogens with two attached hydrogens (primary N) is 1. The van der Waals surface area contributed by atoms with E-state index in [1.54, 1.807) is 29.2 Å². The molecule has 0 saturated carbocycles. The van der Waals surface area contributed by atoms with Crippen LogP contribution in [0, 0.1) is 5.82 Å². The number of amides is 2. The molecule has 4 aromatic carbocycles. The summed E-state index contributed by atoms with van der Waals surface area (Å²) in [6.45, 7) is 4.97. The number of nitrogens with zero attached hydrogens (tertiary/aromatic N) is 3. The lowest BCUT2D eigenvalue weighted by molar-refractivity contribution is 0.0741. The van der Waals surface area contributed by atoms with E-state index in [-0.39, 0.29) is 24.2 Å². The number of benzene rings is 4. The molecule has 0 spiro atoms. The smallest absolute Gasteiger partial charge is 0.255 e. The van der Waals surface area contributed by atoms with Crippen LogP contribution in [0.4, 0.5) is 15.8 Å². The Labute approximate surface area is 268 Å². The van der Waals surface area contributed by atoms with E-state index in [4.69, 9.17) is 15.2 Å². The van der Waals surface area contributed by atoms with Crippen LogP contribution in [0.5, 0.6) is 11.5 Å². The summed E-state index contributed by atoms with van der Waals surface area (Å²) in [5.41, 5.74) is 11.0. The second-order valence-corrected chi connectivity index (χ2v) is 11.6. The van der Waals surface area contributed by atoms with Crippen molar-refractivity contribution < 1.29 is 23.5 Å². The largest absolute Gasteiger partial charge is 0.454 e. The van der Waals surface area contributed by atoms with Crippen LogP contribution in [0.2, 0.25) is 0 Å². The quantitative estimate of drug-likeness (QED) is 0.250. The number of anilines is 2. The third-order valence-corrected chi connectivity index (χ3v) is 8.35. The molecule has 0 radical (unpaired) electrons. The molecule has 2 aliphatic rings. The van der Waals surface area contributed by atoms with Gasteiger partial charge in [0, 0.05) is 50.4 Å². The average molecular weight is 624 g/mol. The zero-order valence-corrected chi connectivity index (χ0v) is 25.9. The van der Waals surface area contributed by atoms with Crippen LogP contribution < -0.4 is 25.4 Å². The molecule has 0 aliphatic carbocycles. The number of carbonyl (C=O) groups excluding carboxylic acids is 2. The van der Waals surface area contributed by atoms with Crippen LogP contribution in [0.25, 0.3) is 11.1 Å². The predicted molar refractivity (Wildman–Crippen MR) is 177 cm³/mol. The normalized spacial score (nSPS) is 14.3. The summed E-state index contributed by atoms with van der Waals surface area (Å²) in [5.74, 6) is 0.235. The molecular formula is C36H38FN5O4. The molecule has 0 unspecified atom stereocenters. The summed E-state index contributed by atoms with van der Waals surface area (Å²) in [6, 6.07) is 25.0. The van der Waals surface area contributed by atoms with Crippen molar-refractivity contribution in [2.75, 3.05) is 63.3 Å². The maximum absolute atomic E-state index is 13.9. The maximum atomic E-state index is 13.9. The zero-order chi connectivity index (χ0) is 32.0. The summed E-state index contributed by atoms with van der Waals surface area (Å²) >= 11 is 0. The molecule has 6 rings (SSSR count). The molecule has 0 bridgehead atoms. The van der Waals surface area contributed by atoms with Crippen molar-refractivity contribution in [2.45, 2.75) is 13.0 Å². The molecule has 1 fully saturated rings. The highest BCUT2D eigenvalue weighted by atomic mass is 19.1. The third-order valence-electron chi connectivity index (χ3n) is 8.35. The molecule has 46 heavy (non-hydrogen) atoms. The standard InChI is InChI=1S/C36H38FN5O4/c1-40-15-17-41(18-16-40)32-11-9-27(21-31(32)39-35(43)28-7-3-8-30(37)20-28)26-6-2-5-25(19-26)23-42(14-4-13-38)36(44)29-10-12-33-34(22-29)46-24-45-33/h2-3,5-12,19-22H,4,13-18,23-24,38H2,1H3,(H,39,43). The van der Waals surface area contributed by atoms with Crippen LogP contribution in [0.15, 0.2) is 84.9 Å². The van der Waals surface area contributed by atoms with Crippen LogP contribution in [-0.2, 0) is 6.54 Å². The van der Waals surface area contributed by atoms with Crippen molar-refractivity contribution in [3.63, 3.8) is 0 Å². The lowest BCUT2D eigenvalue weighted by Gasteiger charge is -2.35. The highest BCUT2D eigenvalue weighted by Crippen LogP contribution is 2.35. The molecule has 1 saturated heterocycles. The Morgan fingerprint density at radius 2 is 1.65 bits per heavy atom. The molecule has 10 heteroatoms. The molecule has 9 nitrogen and oxygen atoms in total. The first-order valence-corrected chi connectivity index (χ1v) is 15.5. The van der Waals surface area contributed by atoms with Gasteiger partial charge in [-0.25, -0.2) is 4.39 Å². The first-order chi connectivity index (χ1) is 22.4. The second kappa shape index (κ2) is 14.0. The number of hydrogen-bond donors (Lipinski definition) is 2. The van der Waals surface area contributed by atoms with Crippen LogP contribution in [-0.4, -0.2) is 74.7 Å². The van der Waals surface area contributed by atoms with Gasteiger partial charge in [-0.05, 0) is 91.3 Å². The third kappa shape index (κ3) is 7.14. The average Bonchev–Trinajstić information content (AvgIpc) is 3.55. The molecule has 0 aromatic heterocycles. The number of rotatable bonds is 10. The number of ether oxygens (including phenoxy) is 2. The molecule has 4 aromatic rings. The van der Waals surface area contributed by atoms with Gasteiger partial charge in [-0.2, -0.15) is 0 Å². The van der Waals surface area contributed by atoms with Gasteiger partial charge in [0.15, 0.2) is 11.5 Å². The summed E-state index contributed by atoms with van der Waals surface area (Å²) in [5, 5.41) is 3.05. The van der Waals surface area contributed by atoms with Crippen molar-refractivity contribution >= 4 is 23.2 Å². The minimum atomic E-state index is -0.463. The van der Waals surface area contributed by atoms with Crippen molar-refractivity contribution in [1.82, 2.24) is 9.80 Å². The van der Waals surface area contributed by atoms with Gasteiger partial charge in [0.1, 0.15) is 5.82 Å². The minimum Gasteiger partial charge on any atom is -0.454 e. The summed E-state index contributed by atoms with van der Waals surface area (Å²) in [6.07, 6.45) is 0.665. The molecule has 238 valence electrons. The van der Waals surface area contributed by atoms with Gasteiger partial charge in [-0.3, -0.25) is 9.59 Å². The maximum Gasteiger partial charge on any atom is 0.255 e. The van der Waals surface area contributed by atoms with E-state index in [0.717, 1.165) is 48.6 Å². The fraction of sp³-hybridized carbons (Fsp3) is 0.278. The van der Waals surface area contributed by atoms with Crippen LogP contribution >= 0.6 is 0 Å². The topological polar surface area (TPSA) is 100 Å². The first-order valence-electron chi connectivity index (χ1n) is 15.5. The molecule has 2 aliphatic heterocycles. The Balaban J connectivity index is 1.27. The number of piperazine rings is 1. The lowest BCUT2D eigenvalue weighted by Crippen LogP contribution is -2.44. The number of nitrogens with one attached hydrogen (secondary N) is 1. The molecule has 2 amide bonds. The Kier molecular flexibility index (Phi) is 9.46. The minimum absolute atomic E-state index is 0.115. The van der Waals surface area contributed by atoms with Crippen molar-refractivity contribution in [2.24, 2.45) is 5.73 Å². The zero-order valence-electron chi connectivity index (χ0n) is 25.9. The van der Waals surface area contributed by atoms with Gasteiger partial charge in [-0.15, -0.1) is 0 Å². The molecular weight excluding hydrogens is 585 g/mol. The monoisotopic (exact) mass is 623 g/mol. The highest BCUT2D eigenvalue weighted by Gasteiger charge is 2.22. The van der Waals surface area contributed by atoms with Crippen LogP contribution in [0.3, 0.4) is 0 Å². The number of likely N-dealkylation sites (N-methyl/N-ethyl adjacent to an activating group) is 1. The Hall–Kier alpha value is -4.93. The van der Waals surface area contributed by atoms with E-state index in [1.165, 1.54) is 18.2 Å². The van der Waals surface area contributed by atoms with E-state index in [1.807, 2.05) is 30.3 Å². The van der Waals surface area contributed by atoms with Gasteiger partial charge in [-0.1, -0.05) is 30.3 Å². The highest BCUT2D eigenvalue weighted by molar-refractivity contribution is 6.06. The van der Waals surface area contributed by atoms with Gasteiger partial charge in [0.05, 0.1) is 11.4 Å². The fourth-order valence-electron chi connectivity index (χ4n) is 5.78. The van der Waals surface area contributed by atoms with Crippen LogP contribution in [0.1, 0.15) is 32.7 Å². The molecule has 3 N–H and O–H groups in total. The fourth-order valence-corrected chi connectivity index (χ4v) is 5.78. The summed E-state index contributed by atoms with van der Waals surface area (Å²) in [7, 11) is 2.10. The van der Waals surface area contributed by atoms with Gasteiger partial charge >= 0.3 is 0 Å². The van der Waals surface area contributed by atoms with Gasteiger partial charge in [0.2, 0.25) is 6.79 Å². The number of fused-ring (bicyclic) bond motifs is 1. The van der Waals surface area contributed by atoms with E-state index in [2.05, 4.69) is 34.3 Å². The predicted octanol–water partition coefficient (Wildman–Crippen LogP) is 5.22. The Morgan fingerprint density at radius 3 is 2.46 bits per heavy atom. The summed E-state index contributed by atoms with van der Waals surface area (Å²) in [4.78, 5) is 33.2. The second-order valence-electron chi connectivity index (χ2n) is 11.6. The molecule has 0 atom stereocenters. The van der Waals surface area contributed by atoms with Gasteiger partial charge in [0.25, 0.3) is 11.8 Å². The first kappa shape index (κ1) is 31.1. The number of hydrogen-bond acceptors (Lipinski definition) is 7. The number of halogens is 1. The van der Waals surface area contributed by atoms with Crippen molar-refractivity contribution in [1.29, 1.82) is 0 Å². The number of carbonyl (C=O) groups is 2. The Morgan fingerprint density at radius 1 is 0.870 bits per heavy atom. The van der Waals surface area contributed by atoms with E-state index < -0.39 is 5.82 Å². The van der Waals surface area contributed by atoms with Gasteiger partial charge < -0.3 is 35.2 Å². The Bertz CT molecular complexity index is 1720. The SMILES string of the molecule is CN1CCN(c2ccc(-c3cccc(CN(CCCN)C(=O)c4ccc5c(c4)OCO5)c3)cc2NC(=O)c2cccc(F)c2)CC1.